The second-order valence-electron chi connectivity index (χ2n) is 3.79. The molecule has 0 radical (unpaired) electrons. The van der Waals surface area contributed by atoms with Gasteiger partial charge in [0.05, 0.1) is 0 Å². The van der Waals surface area contributed by atoms with Crippen LogP contribution in [0, 0.1) is 0 Å². The summed E-state index contributed by atoms with van der Waals surface area (Å²) in [6.45, 7) is 7.71. The lowest BCUT2D eigenvalue weighted by molar-refractivity contribution is 0.637. The van der Waals surface area contributed by atoms with Crippen molar-refractivity contribution in [3.05, 3.63) is 24.0 Å². The average molecular weight is 194 g/mol. The number of aryl methyl sites for hydroxylation is 1. The monoisotopic (exact) mass is 194 g/mol. The van der Waals surface area contributed by atoms with E-state index in [0.29, 0.717) is 0 Å². The Labute approximate surface area is 87.3 Å². The molecule has 0 aromatic carbocycles. The quantitative estimate of drug-likeness (QED) is 0.660. The lowest BCUT2D eigenvalue weighted by Crippen LogP contribution is -2.13. The fraction of sp³-hybridized carbons (Fsp3) is 0.667. The van der Waals surface area contributed by atoms with Gasteiger partial charge in [0.2, 0.25) is 0 Å². The number of aromatic nitrogens is 1. The first kappa shape index (κ1) is 11.3. The predicted octanol–water partition coefficient (Wildman–Crippen LogP) is 2.79. The van der Waals surface area contributed by atoms with Crippen LogP contribution < -0.4 is 5.32 Å². The molecule has 0 spiro atoms. The molecule has 0 bridgehead atoms. The van der Waals surface area contributed by atoms with Gasteiger partial charge in [-0.05, 0) is 31.0 Å². The molecule has 2 heteroatoms. The molecule has 1 rings (SSSR count). The number of nitrogens with zero attached hydrogens (tertiary/aromatic N) is 1. The van der Waals surface area contributed by atoms with Gasteiger partial charge in [-0.15, -0.1) is 0 Å². The summed E-state index contributed by atoms with van der Waals surface area (Å²) < 4.78 is 2.26. The van der Waals surface area contributed by atoms with Gasteiger partial charge in [-0.1, -0.05) is 20.3 Å². The molecule has 0 aliphatic carbocycles. The topological polar surface area (TPSA) is 17.0 Å². The van der Waals surface area contributed by atoms with Gasteiger partial charge >= 0.3 is 0 Å². The number of hydrogen-bond acceptors (Lipinski definition) is 1. The smallest absolute Gasteiger partial charge is 0.0220 e. The molecule has 0 saturated carbocycles. The van der Waals surface area contributed by atoms with Crippen molar-refractivity contribution < 1.29 is 0 Å². The summed E-state index contributed by atoms with van der Waals surface area (Å²) >= 11 is 0. The van der Waals surface area contributed by atoms with Gasteiger partial charge < -0.3 is 9.88 Å². The number of nitrogens with one attached hydrogen (secondary N) is 1. The van der Waals surface area contributed by atoms with Gasteiger partial charge in [-0.2, -0.15) is 0 Å². The summed E-state index contributed by atoms with van der Waals surface area (Å²) in [6, 6.07) is 2.20. The minimum Gasteiger partial charge on any atom is -0.354 e. The lowest BCUT2D eigenvalue weighted by Gasteiger charge is -2.01. The van der Waals surface area contributed by atoms with E-state index < -0.39 is 0 Å². The zero-order valence-electron chi connectivity index (χ0n) is 9.42. The average Bonchev–Trinajstić information content (AvgIpc) is 2.61. The van der Waals surface area contributed by atoms with E-state index in [4.69, 9.17) is 0 Å². The standard InChI is InChI=1S/C12H22N2/c1-3-5-7-13-10-12-6-9-14(11-12)8-4-2/h6,9,11,13H,3-5,7-8,10H2,1-2H3. The zero-order valence-corrected chi connectivity index (χ0v) is 9.42. The van der Waals surface area contributed by atoms with Crippen LogP contribution in [0.15, 0.2) is 18.5 Å². The van der Waals surface area contributed by atoms with E-state index in [9.17, 15) is 0 Å². The number of unbranched alkanes of at least 4 members (excludes halogenated alkanes) is 1. The van der Waals surface area contributed by atoms with Crippen molar-refractivity contribution in [1.82, 2.24) is 9.88 Å². The van der Waals surface area contributed by atoms with Gasteiger partial charge in [0.15, 0.2) is 0 Å². The Kier molecular flexibility index (Phi) is 5.38. The highest BCUT2D eigenvalue weighted by Crippen LogP contribution is 2.01. The lowest BCUT2D eigenvalue weighted by atomic mass is 10.3. The van der Waals surface area contributed by atoms with Crippen molar-refractivity contribution in [1.29, 1.82) is 0 Å². The molecule has 0 saturated heterocycles. The van der Waals surface area contributed by atoms with E-state index in [0.717, 1.165) is 19.6 Å². The Morgan fingerprint density at radius 2 is 2.14 bits per heavy atom. The maximum absolute atomic E-state index is 3.44. The van der Waals surface area contributed by atoms with Crippen LogP contribution in [0.25, 0.3) is 0 Å². The van der Waals surface area contributed by atoms with Crippen LogP contribution in [0.2, 0.25) is 0 Å². The van der Waals surface area contributed by atoms with Crippen molar-refractivity contribution in [3.63, 3.8) is 0 Å². The molecule has 80 valence electrons. The van der Waals surface area contributed by atoms with Crippen molar-refractivity contribution in [2.24, 2.45) is 0 Å². The van der Waals surface area contributed by atoms with Gasteiger partial charge in [-0.3, -0.25) is 0 Å². The SMILES string of the molecule is CCCCNCc1ccn(CCC)c1. The normalized spacial score (nSPS) is 10.7. The molecule has 0 fully saturated rings. The van der Waals surface area contributed by atoms with Crippen molar-refractivity contribution >= 4 is 0 Å². The van der Waals surface area contributed by atoms with Crippen LogP contribution in [-0.2, 0) is 13.1 Å². The predicted molar refractivity (Wildman–Crippen MR) is 61.3 cm³/mol. The summed E-state index contributed by atoms with van der Waals surface area (Å²) in [7, 11) is 0. The fourth-order valence-corrected chi connectivity index (χ4v) is 1.53. The molecular formula is C12H22N2. The van der Waals surface area contributed by atoms with E-state index in [-0.39, 0.29) is 0 Å². The first-order valence-electron chi connectivity index (χ1n) is 5.72. The van der Waals surface area contributed by atoms with Crippen LogP contribution in [0.1, 0.15) is 38.7 Å². The third-order valence-electron chi connectivity index (χ3n) is 2.33. The maximum atomic E-state index is 3.44. The summed E-state index contributed by atoms with van der Waals surface area (Å²) in [5.74, 6) is 0. The van der Waals surface area contributed by atoms with E-state index in [2.05, 4.69) is 42.2 Å². The maximum Gasteiger partial charge on any atom is 0.0220 e. The summed E-state index contributed by atoms with van der Waals surface area (Å²) in [6.07, 6.45) is 8.15. The van der Waals surface area contributed by atoms with Crippen molar-refractivity contribution in [3.8, 4) is 0 Å². The molecule has 1 aromatic rings. The third kappa shape index (κ3) is 3.97. The Balaban J connectivity index is 2.22. The molecule has 14 heavy (non-hydrogen) atoms. The highest BCUT2D eigenvalue weighted by atomic mass is 14.9. The molecule has 0 aliphatic rings. The van der Waals surface area contributed by atoms with Gasteiger partial charge in [0, 0.05) is 25.5 Å². The largest absolute Gasteiger partial charge is 0.354 e. The Hall–Kier alpha value is -0.760. The van der Waals surface area contributed by atoms with Gasteiger partial charge in [0.1, 0.15) is 0 Å². The van der Waals surface area contributed by atoms with Crippen LogP contribution >= 0.6 is 0 Å². The van der Waals surface area contributed by atoms with E-state index >= 15 is 0 Å². The molecule has 0 amide bonds. The second kappa shape index (κ2) is 6.66. The van der Waals surface area contributed by atoms with Crippen molar-refractivity contribution in [2.75, 3.05) is 6.54 Å². The fourth-order valence-electron chi connectivity index (χ4n) is 1.53. The Morgan fingerprint density at radius 3 is 2.86 bits per heavy atom. The molecule has 2 nitrogen and oxygen atoms in total. The molecule has 1 heterocycles. The number of rotatable bonds is 7. The molecule has 0 aliphatic heterocycles. The van der Waals surface area contributed by atoms with Crippen LogP contribution in [-0.4, -0.2) is 11.1 Å². The third-order valence-corrected chi connectivity index (χ3v) is 2.33. The van der Waals surface area contributed by atoms with Crippen LogP contribution in [0.3, 0.4) is 0 Å². The van der Waals surface area contributed by atoms with Crippen LogP contribution in [0.5, 0.6) is 0 Å². The number of hydrogen-bond donors (Lipinski definition) is 1. The summed E-state index contributed by atoms with van der Waals surface area (Å²) in [4.78, 5) is 0. The first-order chi connectivity index (χ1) is 6.86. The van der Waals surface area contributed by atoms with Gasteiger partial charge in [0.25, 0.3) is 0 Å². The molecule has 1 aromatic heterocycles. The molecule has 1 N–H and O–H groups in total. The van der Waals surface area contributed by atoms with E-state index in [1.165, 1.54) is 24.8 Å². The Morgan fingerprint density at radius 1 is 1.29 bits per heavy atom. The molecule has 0 atom stereocenters. The van der Waals surface area contributed by atoms with E-state index in [1.54, 1.807) is 0 Å². The Bertz CT molecular complexity index is 240. The van der Waals surface area contributed by atoms with Crippen molar-refractivity contribution in [2.45, 2.75) is 46.2 Å². The summed E-state index contributed by atoms with van der Waals surface area (Å²) in [5, 5.41) is 3.44. The minimum atomic E-state index is 1.01. The first-order valence-corrected chi connectivity index (χ1v) is 5.72. The highest BCUT2D eigenvalue weighted by molar-refractivity contribution is 5.09. The molecule has 0 unspecified atom stereocenters. The zero-order chi connectivity index (χ0) is 10.2. The molecular weight excluding hydrogens is 172 g/mol. The second-order valence-corrected chi connectivity index (χ2v) is 3.79. The van der Waals surface area contributed by atoms with Crippen LogP contribution in [0.4, 0.5) is 0 Å². The summed E-state index contributed by atoms with van der Waals surface area (Å²) in [5.41, 5.74) is 1.40. The highest BCUT2D eigenvalue weighted by Gasteiger charge is 1.95. The minimum absolute atomic E-state index is 1.01. The van der Waals surface area contributed by atoms with Gasteiger partial charge in [-0.25, -0.2) is 0 Å². The van der Waals surface area contributed by atoms with E-state index in [1.807, 2.05) is 0 Å².